The zero-order valence-corrected chi connectivity index (χ0v) is 15.1. The first-order chi connectivity index (χ1) is 10.8. The Morgan fingerprint density at radius 3 is 2.52 bits per heavy atom. The smallest absolute Gasteiger partial charge is 0.191 e. The van der Waals surface area contributed by atoms with E-state index in [-0.39, 0.29) is 0 Å². The number of rotatable bonds is 7. The van der Waals surface area contributed by atoms with Gasteiger partial charge in [-0.1, -0.05) is 20.8 Å². The van der Waals surface area contributed by atoms with E-state index >= 15 is 0 Å². The van der Waals surface area contributed by atoms with Gasteiger partial charge in [0.25, 0.3) is 0 Å². The molecule has 0 aromatic carbocycles. The molecule has 0 aliphatic rings. The molecule has 0 saturated heterocycles. The molecule has 3 N–H and O–H groups in total. The van der Waals surface area contributed by atoms with Crippen molar-refractivity contribution in [3.05, 3.63) is 30.1 Å². The molecule has 1 heterocycles. The van der Waals surface area contributed by atoms with E-state index in [1.807, 2.05) is 19.1 Å². The van der Waals surface area contributed by atoms with Gasteiger partial charge < -0.3 is 15.7 Å². The molecular weight excluding hydrogens is 288 g/mol. The Hall–Kier alpha value is -1.62. The number of hydrogen-bond donors (Lipinski definition) is 3. The Morgan fingerprint density at radius 1 is 1.30 bits per heavy atom. The van der Waals surface area contributed by atoms with E-state index < -0.39 is 6.10 Å². The lowest BCUT2D eigenvalue weighted by atomic mass is 9.89. The second-order valence-corrected chi connectivity index (χ2v) is 7.16. The second-order valence-electron chi connectivity index (χ2n) is 7.16. The summed E-state index contributed by atoms with van der Waals surface area (Å²) in [6.45, 7) is 12.1. The van der Waals surface area contributed by atoms with E-state index in [1.165, 1.54) is 0 Å². The van der Waals surface area contributed by atoms with Crippen molar-refractivity contribution in [2.24, 2.45) is 10.4 Å². The van der Waals surface area contributed by atoms with E-state index in [2.05, 4.69) is 48.3 Å². The molecule has 2 unspecified atom stereocenters. The SMILES string of the molecule is CCNC(=NCC(O)c1ccncc1)NC(C)CCC(C)(C)C. The fourth-order valence-electron chi connectivity index (χ4n) is 2.14. The molecular formula is C18H32N4O. The topological polar surface area (TPSA) is 69.5 Å². The predicted molar refractivity (Wildman–Crippen MR) is 96.5 cm³/mol. The first-order valence-corrected chi connectivity index (χ1v) is 8.44. The fraction of sp³-hybridized carbons (Fsp3) is 0.667. The van der Waals surface area contributed by atoms with E-state index in [9.17, 15) is 5.11 Å². The molecule has 23 heavy (non-hydrogen) atoms. The monoisotopic (exact) mass is 320 g/mol. The van der Waals surface area contributed by atoms with Crippen LogP contribution in [0.25, 0.3) is 0 Å². The lowest BCUT2D eigenvalue weighted by molar-refractivity contribution is 0.187. The van der Waals surface area contributed by atoms with Gasteiger partial charge in [-0.25, -0.2) is 0 Å². The maximum Gasteiger partial charge on any atom is 0.191 e. The summed E-state index contributed by atoms with van der Waals surface area (Å²) in [7, 11) is 0. The number of aliphatic hydroxyl groups is 1. The Morgan fingerprint density at radius 2 is 1.96 bits per heavy atom. The number of aliphatic hydroxyl groups excluding tert-OH is 1. The highest BCUT2D eigenvalue weighted by Crippen LogP contribution is 2.21. The number of nitrogens with zero attached hydrogens (tertiary/aromatic N) is 2. The molecule has 0 spiro atoms. The summed E-state index contributed by atoms with van der Waals surface area (Å²) in [6.07, 6.45) is 4.99. The molecule has 0 amide bonds. The number of hydrogen-bond acceptors (Lipinski definition) is 3. The van der Waals surface area contributed by atoms with Crippen LogP contribution in [0.5, 0.6) is 0 Å². The van der Waals surface area contributed by atoms with Gasteiger partial charge in [-0.05, 0) is 49.8 Å². The zero-order valence-electron chi connectivity index (χ0n) is 15.1. The van der Waals surface area contributed by atoms with Crippen LogP contribution >= 0.6 is 0 Å². The molecule has 0 aliphatic heterocycles. The van der Waals surface area contributed by atoms with Crippen LogP contribution < -0.4 is 10.6 Å². The van der Waals surface area contributed by atoms with Gasteiger partial charge in [0, 0.05) is 25.0 Å². The summed E-state index contributed by atoms with van der Waals surface area (Å²) < 4.78 is 0. The third-order valence-electron chi connectivity index (χ3n) is 3.57. The highest BCUT2D eigenvalue weighted by Gasteiger charge is 2.13. The molecule has 1 rings (SSSR count). The van der Waals surface area contributed by atoms with Crippen molar-refractivity contribution in [3.63, 3.8) is 0 Å². The number of guanidine groups is 1. The quantitative estimate of drug-likeness (QED) is 0.534. The van der Waals surface area contributed by atoms with Gasteiger partial charge in [-0.15, -0.1) is 0 Å². The van der Waals surface area contributed by atoms with Crippen molar-refractivity contribution in [1.29, 1.82) is 0 Å². The van der Waals surface area contributed by atoms with Crippen LogP contribution in [-0.4, -0.2) is 35.2 Å². The average Bonchev–Trinajstić information content (AvgIpc) is 2.51. The summed E-state index contributed by atoms with van der Waals surface area (Å²) in [6, 6.07) is 3.96. The van der Waals surface area contributed by atoms with Crippen molar-refractivity contribution >= 4 is 5.96 Å². The van der Waals surface area contributed by atoms with Crippen molar-refractivity contribution in [2.75, 3.05) is 13.1 Å². The second kappa shape index (κ2) is 9.50. The third-order valence-corrected chi connectivity index (χ3v) is 3.57. The highest BCUT2D eigenvalue weighted by atomic mass is 16.3. The summed E-state index contributed by atoms with van der Waals surface area (Å²) >= 11 is 0. The highest BCUT2D eigenvalue weighted by molar-refractivity contribution is 5.80. The maximum atomic E-state index is 10.2. The molecule has 2 atom stereocenters. The van der Waals surface area contributed by atoms with Gasteiger partial charge in [-0.3, -0.25) is 9.98 Å². The lowest BCUT2D eigenvalue weighted by Crippen LogP contribution is -2.42. The first-order valence-electron chi connectivity index (χ1n) is 8.44. The minimum atomic E-state index is -0.613. The molecule has 0 fully saturated rings. The first kappa shape index (κ1) is 19.4. The van der Waals surface area contributed by atoms with E-state index in [4.69, 9.17) is 0 Å². The molecule has 0 aliphatic carbocycles. The maximum absolute atomic E-state index is 10.2. The van der Waals surface area contributed by atoms with Gasteiger partial charge in [0.1, 0.15) is 0 Å². The largest absolute Gasteiger partial charge is 0.386 e. The average molecular weight is 320 g/mol. The van der Waals surface area contributed by atoms with Gasteiger partial charge in [0.15, 0.2) is 5.96 Å². The summed E-state index contributed by atoms with van der Waals surface area (Å²) in [5, 5.41) is 16.8. The molecule has 5 nitrogen and oxygen atoms in total. The Bertz CT molecular complexity index is 468. The van der Waals surface area contributed by atoms with Crippen LogP contribution in [0.15, 0.2) is 29.5 Å². The van der Waals surface area contributed by atoms with Crippen LogP contribution in [0, 0.1) is 5.41 Å². The van der Waals surface area contributed by atoms with Crippen LogP contribution in [0.4, 0.5) is 0 Å². The molecule has 5 heteroatoms. The standard InChI is InChI=1S/C18H32N4O/c1-6-20-17(22-14(2)7-10-18(3,4)5)21-13-16(23)15-8-11-19-12-9-15/h8-9,11-12,14,16,23H,6-7,10,13H2,1-5H3,(H2,20,21,22). The lowest BCUT2D eigenvalue weighted by Gasteiger charge is -2.23. The van der Waals surface area contributed by atoms with Crippen molar-refractivity contribution in [2.45, 2.75) is 59.6 Å². The Kier molecular flexibility index (Phi) is 8.03. The fourth-order valence-corrected chi connectivity index (χ4v) is 2.14. The minimum Gasteiger partial charge on any atom is -0.386 e. The molecule has 0 saturated carbocycles. The Balaban J connectivity index is 2.55. The number of nitrogens with one attached hydrogen (secondary N) is 2. The van der Waals surface area contributed by atoms with Crippen molar-refractivity contribution in [3.8, 4) is 0 Å². The number of aliphatic imine (C=N–C) groups is 1. The van der Waals surface area contributed by atoms with Crippen molar-refractivity contribution < 1.29 is 5.11 Å². The van der Waals surface area contributed by atoms with E-state index in [0.29, 0.717) is 18.0 Å². The zero-order chi connectivity index (χ0) is 17.3. The van der Waals surface area contributed by atoms with Crippen LogP contribution in [0.2, 0.25) is 0 Å². The van der Waals surface area contributed by atoms with Crippen LogP contribution in [0.3, 0.4) is 0 Å². The van der Waals surface area contributed by atoms with E-state index in [1.54, 1.807) is 12.4 Å². The van der Waals surface area contributed by atoms with Gasteiger partial charge in [0.05, 0.1) is 12.6 Å². The van der Waals surface area contributed by atoms with Crippen molar-refractivity contribution in [1.82, 2.24) is 15.6 Å². The molecule has 130 valence electrons. The summed E-state index contributed by atoms with van der Waals surface area (Å²) in [4.78, 5) is 8.46. The van der Waals surface area contributed by atoms with E-state index in [0.717, 1.165) is 30.9 Å². The van der Waals surface area contributed by atoms with Gasteiger partial charge in [-0.2, -0.15) is 0 Å². The minimum absolute atomic E-state index is 0.325. The third kappa shape index (κ3) is 8.55. The van der Waals surface area contributed by atoms with Crippen LogP contribution in [0.1, 0.15) is 59.1 Å². The predicted octanol–water partition coefficient (Wildman–Crippen LogP) is 2.88. The molecule has 1 aromatic heterocycles. The van der Waals surface area contributed by atoms with Gasteiger partial charge in [0.2, 0.25) is 0 Å². The normalized spacial score (nSPS) is 15.1. The molecule has 0 bridgehead atoms. The molecule has 0 radical (unpaired) electrons. The Labute approximate surface area is 140 Å². The van der Waals surface area contributed by atoms with Crippen LogP contribution in [-0.2, 0) is 0 Å². The molecule has 1 aromatic rings. The summed E-state index contributed by atoms with van der Waals surface area (Å²) in [5.74, 6) is 0.752. The summed E-state index contributed by atoms with van der Waals surface area (Å²) in [5.41, 5.74) is 1.17. The number of pyridine rings is 1. The van der Waals surface area contributed by atoms with Gasteiger partial charge >= 0.3 is 0 Å². The number of aromatic nitrogens is 1.